The van der Waals surface area contributed by atoms with E-state index in [0.29, 0.717) is 18.4 Å². The van der Waals surface area contributed by atoms with Gasteiger partial charge in [0, 0.05) is 47.7 Å². The lowest BCUT2D eigenvalue weighted by atomic mass is 10.1. The van der Waals surface area contributed by atoms with E-state index in [1.54, 1.807) is 6.20 Å². The first-order chi connectivity index (χ1) is 13.6. The summed E-state index contributed by atoms with van der Waals surface area (Å²) in [5, 5.41) is 2.04. The minimum absolute atomic E-state index is 0.201. The average Bonchev–Trinajstić information content (AvgIpc) is 3.28. The maximum Gasteiger partial charge on any atom is 0.271 e. The highest BCUT2D eigenvalue weighted by Gasteiger charge is 2.14. The topological polar surface area (TPSA) is 78.9 Å². The highest BCUT2D eigenvalue weighted by Crippen LogP contribution is 2.20. The molecule has 2 aromatic heterocycles. The highest BCUT2D eigenvalue weighted by molar-refractivity contribution is 6.07. The van der Waals surface area contributed by atoms with E-state index in [1.807, 2.05) is 60.3 Å². The SMILES string of the molecule is Cn1cc(C(=O)NNC(=O)CCCc2c[nH]c3ccccc23)c2ccccc21. The van der Waals surface area contributed by atoms with E-state index in [9.17, 15) is 9.59 Å². The van der Waals surface area contributed by atoms with E-state index in [0.717, 1.165) is 22.8 Å². The molecule has 0 bridgehead atoms. The van der Waals surface area contributed by atoms with Crippen LogP contribution in [0.15, 0.2) is 60.9 Å². The third-order valence-corrected chi connectivity index (χ3v) is 4.98. The van der Waals surface area contributed by atoms with Crippen LogP contribution in [-0.2, 0) is 18.3 Å². The number of hydrogen-bond acceptors (Lipinski definition) is 2. The van der Waals surface area contributed by atoms with Crippen molar-refractivity contribution in [1.29, 1.82) is 0 Å². The maximum absolute atomic E-state index is 12.4. The van der Waals surface area contributed by atoms with Crippen LogP contribution in [-0.4, -0.2) is 21.4 Å². The van der Waals surface area contributed by atoms with Crippen LogP contribution in [0.4, 0.5) is 0 Å². The molecule has 28 heavy (non-hydrogen) atoms. The van der Waals surface area contributed by atoms with Gasteiger partial charge in [-0.3, -0.25) is 20.4 Å². The third kappa shape index (κ3) is 3.49. The van der Waals surface area contributed by atoms with Gasteiger partial charge in [0.15, 0.2) is 0 Å². The fourth-order valence-electron chi connectivity index (χ4n) is 3.56. The number of benzene rings is 2. The predicted octanol–water partition coefficient (Wildman–Crippen LogP) is 3.44. The van der Waals surface area contributed by atoms with Crippen LogP contribution in [0.1, 0.15) is 28.8 Å². The number of fused-ring (bicyclic) bond motifs is 2. The molecule has 6 heteroatoms. The molecule has 2 aromatic carbocycles. The number of aromatic nitrogens is 2. The Kier molecular flexibility index (Phi) is 4.85. The van der Waals surface area contributed by atoms with Gasteiger partial charge in [0.25, 0.3) is 5.91 Å². The Bertz CT molecular complexity index is 1160. The van der Waals surface area contributed by atoms with Crippen LogP contribution in [0.5, 0.6) is 0 Å². The molecule has 0 saturated heterocycles. The van der Waals surface area contributed by atoms with Crippen LogP contribution >= 0.6 is 0 Å². The Morgan fingerprint density at radius 2 is 1.75 bits per heavy atom. The van der Waals surface area contributed by atoms with E-state index in [2.05, 4.69) is 21.9 Å². The Balaban J connectivity index is 1.30. The zero-order valence-electron chi connectivity index (χ0n) is 15.7. The Labute approximate surface area is 162 Å². The molecule has 0 radical (unpaired) electrons. The molecule has 0 saturated carbocycles. The molecule has 0 aliphatic carbocycles. The number of nitrogens with zero attached hydrogens (tertiary/aromatic N) is 1. The molecular formula is C22H22N4O2. The summed E-state index contributed by atoms with van der Waals surface area (Å²) in [5.74, 6) is -0.518. The van der Waals surface area contributed by atoms with Crippen molar-refractivity contribution < 1.29 is 9.59 Å². The molecule has 3 N–H and O–H groups in total. The van der Waals surface area contributed by atoms with Gasteiger partial charge in [-0.1, -0.05) is 36.4 Å². The number of aromatic amines is 1. The maximum atomic E-state index is 12.4. The summed E-state index contributed by atoms with van der Waals surface area (Å²) >= 11 is 0. The molecule has 0 aliphatic heterocycles. The van der Waals surface area contributed by atoms with Gasteiger partial charge in [0.1, 0.15) is 0 Å². The number of rotatable bonds is 5. The quantitative estimate of drug-likeness (QED) is 0.468. The van der Waals surface area contributed by atoms with Gasteiger partial charge < -0.3 is 9.55 Å². The number of para-hydroxylation sites is 2. The fourth-order valence-corrected chi connectivity index (χ4v) is 3.56. The number of carbonyl (C=O) groups excluding carboxylic acids is 2. The van der Waals surface area contributed by atoms with Gasteiger partial charge in [-0.25, -0.2) is 0 Å². The minimum Gasteiger partial charge on any atom is -0.361 e. The largest absolute Gasteiger partial charge is 0.361 e. The minimum atomic E-state index is -0.318. The summed E-state index contributed by atoms with van der Waals surface area (Å²) in [6.45, 7) is 0. The standard InChI is InChI=1S/C22H22N4O2/c1-26-14-18(17-9-3-5-11-20(17)26)22(28)25-24-21(27)12-6-7-15-13-23-19-10-4-2-8-16(15)19/h2-5,8-11,13-14,23H,6-7,12H2,1H3,(H,24,27)(H,25,28). The number of carbonyl (C=O) groups is 2. The second kappa shape index (κ2) is 7.60. The molecule has 2 amide bonds. The number of amides is 2. The summed E-state index contributed by atoms with van der Waals surface area (Å²) in [6.07, 6.45) is 5.61. The van der Waals surface area contributed by atoms with Crippen LogP contribution in [0, 0.1) is 0 Å². The fraction of sp³-hybridized carbons (Fsp3) is 0.182. The molecule has 142 valence electrons. The van der Waals surface area contributed by atoms with E-state index in [-0.39, 0.29) is 11.8 Å². The smallest absolute Gasteiger partial charge is 0.271 e. The van der Waals surface area contributed by atoms with Gasteiger partial charge in [-0.05, 0) is 30.5 Å². The van der Waals surface area contributed by atoms with Gasteiger partial charge >= 0.3 is 0 Å². The van der Waals surface area contributed by atoms with Gasteiger partial charge in [0.05, 0.1) is 5.56 Å². The Morgan fingerprint density at radius 1 is 1.00 bits per heavy atom. The van der Waals surface area contributed by atoms with Crippen molar-refractivity contribution >= 4 is 33.6 Å². The van der Waals surface area contributed by atoms with Gasteiger partial charge in [-0.2, -0.15) is 0 Å². The van der Waals surface area contributed by atoms with Crippen LogP contribution in [0.3, 0.4) is 0 Å². The number of nitrogens with one attached hydrogen (secondary N) is 3. The first-order valence-corrected chi connectivity index (χ1v) is 9.32. The van der Waals surface area contributed by atoms with Crippen LogP contribution < -0.4 is 10.9 Å². The van der Waals surface area contributed by atoms with Crippen molar-refractivity contribution in [2.24, 2.45) is 7.05 Å². The Morgan fingerprint density at radius 3 is 2.61 bits per heavy atom. The third-order valence-electron chi connectivity index (χ3n) is 4.98. The molecule has 4 aromatic rings. The van der Waals surface area contributed by atoms with Gasteiger partial charge in [0.2, 0.25) is 5.91 Å². The van der Waals surface area contributed by atoms with Crippen molar-refractivity contribution in [3.05, 3.63) is 72.1 Å². The second-order valence-electron chi connectivity index (χ2n) is 6.89. The van der Waals surface area contributed by atoms with Crippen molar-refractivity contribution in [1.82, 2.24) is 20.4 Å². The lowest BCUT2D eigenvalue weighted by molar-refractivity contribution is -0.121. The molecule has 0 fully saturated rings. The summed E-state index contributed by atoms with van der Waals surface area (Å²) in [5.41, 5.74) is 8.84. The second-order valence-corrected chi connectivity index (χ2v) is 6.89. The number of H-pyrrole nitrogens is 1. The molecule has 0 aliphatic rings. The van der Waals surface area contributed by atoms with E-state index >= 15 is 0 Å². The molecule has 0 unspecified atom stereocenters. The van der Waals surface area contributed by atoms with Crippen molar-refractivity contribution in [3.63, 3.8) is 0 Å². The van der Waals surface area contributed by atoms with E-state index in [1.165, 1.54) is 10.9 Å². The van der Waals surface area contributed by atoms with Crippen LogP contribution in [0.2, 0.25) is 0 Å². The molecule has 2 heterocycles. The summed E-state index contributed by atoms with van der Waals surface area (Å²) in [6, 6.07) is 15.8. The van der Waals surface area contributed by atoms with Crippen molar-refractivity contribution in [2.45, 2.75) is 19.3 Å². The molecule has 6 nitrogen and oxygen atoms in total. The first-order valence-electron chi connectivity index (χ1n) is 9.32. The summed E-state index contributed by atoms with van der Waals surface area (Å²) in [7, 11) is 1.89. The Hall–Kier alpha value is -3.54. The number of hydrogen-bond donors (Lipinski definition) is 3. The molecule has 4 rings (SSSR count). The van der Waals surface area contributed by atoms with Crippen molar-refractivity contribution in [3.8, 4) is 0 Å². The predicted molar refractivity (Wildman–Crippen MR) is 110 cm³/mol. The zero-order chi connectivity index (χ0) is 19.5. The number of aryl methyl sites for hydroxylation is 2. The van der Waals surface area contributed by atoms with Crippen LogP contribution in [0.25, 0.3) is 21.8 Å². The van der Waals surface area contributed by atoms with Crippen molar-refractivity contribution in [2.75, 3.05) is 0 Å². The monoisotopic (exact) mass is 374 g/mol. The molecule has 0 spiro atoms. The summed E-state index contributed by atoms with van der Waals surface area (Å²) in [4.78, 5) is 27.8. The molecule has 0 atom stereocenters. The lowest BCUT2D eigenvalue weighted by Gasteiger charge is -2.07. The van der Waals surface area contributed by atoms with E-state index in [4.69, 9.17) is 0 Å². The van der Waals surface area contributed by atoms with Gasteiger partial charge in [-0.15, -0.1) is 0 Å². The van der Waals surface area contributed by atoms with E-state index < -0.39 is 0 Å². The summed E-state index contributed by atoms with van der Waals surface area (Å²) < 4.78 is 1.90. The lowest BCUT2D eigenvalue weighted by Crippen LogP contribution is -2.41. The first kappa shape index (κ1) is 17.9. The number of hydrazine groups is 1. The highest BCUT2D eigenvalue weighted by atomic mass is 16.2. The zero-order valence-corrected chi connectivity index (χ0v) is 15.7. The molecular weight excluding hydrogens is 352 g/mol. The average molecular weight is 374 g/mol. The normalized spacial score (nSPS) is 11.0.